The van der Waals surface area contributed by atoms with E-state index < -0.39 is 0 Å². The number of pyridine rings is 1. The summed E-state index contributed by atoms with van der Waals surface area (Å²) in [7, 11) is 0. The first-order valence-electron chi connectivity index (χ1n) is 10.2. The Hall–Kier alpha value is -2.65. The van der Waals surface area contributed by atoms with Gasteiger partial charge in [0.05, 0.1) is 10.9 Å². The Morgan fingerprint density at radius 3 is 1.97 bits per heavy atom. The highest BCUT2D eigenvalue weighted by molar-refractivity contribution is 6.30. The molecular weight excluding hydrogens is 380 g/mol. The summed E-state index contributed by atoms with van der Waals surface area (Å²) in [4.78, 5) is 17.3. The van der Waals surface area contributed by atoms with Crippen LogP contribution in [0.25, 0.3) is 0 Å². The molecule has 1 atom stereocenters. The van der Waals surface area contributed by atoms with Crippen molar-refractivity contribution in [2.75, 3.05) is 5.32 Å². The van der Waals surface area contributed by atoms with Crippen LogP contribution in [-0.2, 0) is 23.1 Å². The van der Waals surface area contributed by atoms with E-state index in [1.807, 2.05) is 0 Å². The third-order valence-electron chi connectivity index (χ3n) is 6.01. The molecule has 1 N–H and O–H groups in total. The molecule has 1 aliphatic rings. The fourth-order valence-electron chi connectivity index (χ4n) is 4.12. The molecule has 148 valence electrons. The Balaban J connectivity index is 1.66. The van der Waals surface area contributed by atoms with Crippen LogP contribution in [0, 0.1) is 5.92 Å². The molecule has 0 aliphatic heterocycles. The Morgan fingerprint density at radius 1 is 0.966 bits per heavy atom. The number of halogens is 1. The van der Waals surface area contributed by atoms with E-state index in [2.05, 4.69) is 72.7 Å². The van der Waals surface area contributed by atoms with Crippen LogP contribution in [0.1, 0.15) is 42.5 Å². The zero-order valence-electron chi connectivity index (χ0n) is 16.8. The Bertz CT molecular complexity index is 947. The summed E-state index contributed by atoms with van der Waals surface area (Å²) in [5, 5.41) is 3.51. The highest BCUT2D eigenvalue weighted by Gasteiger charge is 2.60. The molecule has 3 aromatic rings. The molecule has 29 heavy (non-hydrogen) atoms. The molecule has 0 spiro atoms. The maximum atomic E-state index is 13.1. The molecule has 0 radical (unpaired) electrons. The number of aromatic nitrogens is 1. The van der Waals surface area contributed by atoms with E-state index in [-0.39, 0.29) is 17.2 Å². The summed E-state index contributed by atoms with van der Waals surface area (Å²) >= 11 is 5.90. The molecule has 1 amide bonds. The third kappa shape index (κ3) is 3.79. The van der Waals surface area contributed by atoms with Crippen LogP contribution < -0.4 is 5.32 Å². The second-order valence-electron chi connectivity index (χ2n) is 7.68. The van der Waals surface area contributed by atoms with Gasteiger partial charge in [-0.1, -0.05) is 74.0 Å². The Morgan fingerprint density at radius 2 is 1.52 bits per heavy atom. The summed E-state index contributed by atoms with van der Waals surface area (Å²) in [6.45, 7) is 4.31. The number of rotatable bonds is 6. The number of hydrogen-bond acceptors (Lipinski definition) is 2. The lowest BCUT2D eigenvalue weighted by atomic mass is 9.84. The lowest BCUT2D eigenvalue weighted by Crippen LogP contribution is -2.22. The number of anilines is 1. The molecule has 4 heteroatoms. The molecule has 0 bridgehead atoms. The lowest BCUT2D eigenvalue weighted by Gasteiger charge is -2.20. The van der Waals surface area contributed by atoms with Gasteiger partial charge >= 0.3 is 0 Å². The minimum absolute atomic E-state index is 0.000964. The van der Waals surface area contributed by atoms with Gasteiger partial charge in [0, 0.05) is 11.6 Å². The quantitative estimate of drug-likeness (QED) is 0.563. The molecule has 4 rings (SSSR count). The van der Waals surface area contributed by atoms with Crippen LogP contribution in [0.15, 0.2) is 66.9 Å². The number of nitrogens with one attached hydrogen (secondary N) is 1. The number of carbonyl (C=O) groups is 1. The van der Waals surface area contributed by atoms with Crippen LogP contribution >= 0.6 is 11.6 Å². The second-order valence-corrected chi connectivity index (χ2v) is 8.12. The molecule has 1 unspecified atom stereocenters. The zero-order valence-corrected chi connectivity index (χ0v) is 17.5. The summed E-state index contributed by atoms with van der Waals surface area (Å²) in [5.74, 6) is 0.404. The van der Waals surface area contributed by atoms with Gasteiger partial charge in [-0.05, 0) is 53.6 Å². The van der Waals surface area contributed by atoms with Crippen LogP contribution in [0.5, 0.6) is 0 Å². The summed E-state index contributed by atoms with van der Waals surface area (Å²) in [6.07, 6.45) is 4.35. The van der Waals surface area contributed by atoms with Crippen molar-refractivity contribution in [3.63, 3.8) is 0 Å². The molecule has 1 fully saturated rings. The van der Waals surface area contributed by atoms with E-state index >= 15 is 0 Å². The largest absolute Gasteiger partial charge is 0.310 e. The van der Waals surface area contributed by atoms with E-state index in [0.717, 1.165) is 19.3 Å². The number of aryl methyl sites for hydroxylation is 2. The highest BCUT2D eigenvalue weighted by Crippen LogP contribution is 2.59. The molecular formula is C25H25ClN2O. The van der Waals surface area contributed by atoms with Gasteiger partial charge in [-0.2, -0.15) is 0 Å². The average molecular weight is 405 g/mol. The summed E-state index contributed by atoms with van der Waals surface area (Å²) in [6, 6.07) is 20.9. The summed E-state index contributed by atoms with van der Waals surface area (Å²) in [5.41, 5.74) is 4.72. The molecule has 1 aliphatic carbocycles. The van der Waals surface area contributed by atoms with Crippen molar-refractivity contribution >= 4 is 23.3 Å². The maximum absolute atomic E-state index is 13.1. The standard InChI is InChI=1S/C25H25ClN2O/c1-3-17-5-9-19(10-6-17)25(20-11-7-18(4-2)8-12-20)15-22(25)24(29)28-23-14-13-21(26)16-27-23/h5-14,16,22H,3-4,15H2,1-2H3,(H,27,28,29). The van der Waals surface area contributed by atoms with E-state index in [9.17, 15) is 4.79 Å². The van der Waals surface area contributed by atoms with Crippen molar-refractivity contribution in [2.24, 2.45) is 5.92 Å². The van der Waals surface area contributed by atoms with Crippen molar-refractivity contribution in [1.82, 2.24) is 4.98 Å². The first-order valence-corrected chi connectivity index (χ1v) is 10.6. The van der Waals surface area contributed by atoms with E-state index in [0.29, 0.717) is 10.8 Å². The smallest absolute Gasteiger partial charge is 0.229 e. The van der Waals surface area contributed by atoms with E-state index in [1.54, 1.807) is 18.3 Å². The molecule has 2 aromatic carbocycles. The summed E-state index contributed by atoms with van der Waals surface area (Å²) < 4.78 is 0. The van der Waals surface area contributed by atoms with Gasteiger partial charge < -0.3 is 5.32 Å². The Kier molecular flexibility index (Phi) is 5.42. The van der Waals surface area contributed by atoms with Crippen LogP contribution in [0.2, 0.25) is 5.02 Å². The molecule has 1 aromatic heterocycles. The van der Waals surface area contributed by atoms with Gasteiger partial charge in [-0.25, -0.2) is 4.98 Å². The monoisotopic (exact) mass is 404 g/mol. The zero-order chi connectivity index (χ0) is 20.4. The van der Waals surface area contributed by atoms with Crippen molar-refractivity contribution in [2.45, 2.75) is 38.5 Å². The van der Waals surface area contributed by atoms with Crippen molar-refractivity contribution in [1.29, 1.82) is 0 Å². The average Bonchev–Trinajstić information content (AvgIpc) is 3.53. The van der Waals surface area contributed by atoms with E-state index in [1.165, 1.54) is 22.3 Å². The van der Waals surface area contributed by atoms with Crippen LogP contribution in [0.4, 0.5) is 5.82 Å². The first kappa shape index (κ1) is 19.7. The van der Waals surface area contributed by atoms with Gasteiger partial charge in [-0.15, -0.1) is 0 Å². The predicted octanol–water partition coefficient (Wildman–Crippen LogP) is 5.80. The van der Waals surface area contributed by atoms with Gasteiger partial charge in [0.25, 0.3) is 0 Å². The number of benzene rings is 2. The van der Waals surface area contributed by atoms with Gasteiger partial charge in [0.15, 0.2) is 0 Å². The van der Waals surface area contributed by atoms with Crippen LogP contribution in [-0.4, -0.2) is 10.9 Å². The van der Waals surface area contributed by atoms with Gasteiger partial charge in [0.1, 0.15) is 5.82 Å². The van der Waals surface area contributed by atoms with Gasteiger partial charge in [0.2, 0.25) is 5.91 Å². The third-order valence-corrected chi connectivity index (χ3v) is 6.23. The highest BCUT2D eigenvalue weighted by atomic mass is 35.5. The molecule has 0 saturated heterocycles. The van der Waals surface area contributed by atoms with Crippen molar-refractivity contribution < 1.29 is 4.79 Å². The minimum Gasteiger partial charge on any atom is -0.310 e. The lowest BCUT2D eigenvalue weighted by molar-refractivity contribution is -0.117. The SMILES string of the molecule is CCc1ccc(C2(c3ccc(CC)cc3)CC2C(=O)Nc2ccc(Cl)cn2)cc1. The number of hydrogen-bond donors (Lipinski definition) is 1. The number of nitrogens with zero attached hydrogens (tertiary/aromatic N) is 1. The minimum atomic E-state index is -0.283. The first-order chi connectivity index (χ1) is 14.1. The number of carbonyl (C=O) groups excluding carboxylic acids is 1. The van der Waals surface area contributed by atoms with Crippen molar-refractivity contribution in [3.05, 3.63) is 94.1 Å². The fourth-order valence-corrected chi connectivity index (χ4v) is 4.23. The van der Waals surface area contributed by atoms with E-state index in [4.69, 9.17) is 11.6 Å². The second kappa shape index (κ2) is 8.00. The normalized spacial score (nSPS) is 17.0. The molecule has 1 saturated carbocycles. The van der Waals surface area contributed by atoms with Gasteiger partial charge in [-0.3, -0.25) is 4.79 Å². The fraction of sp³-hybridized carbons (Fsp3) is 0.280. The van der Waals surface area contributed by atoms with Crippen LogP contribution in [0.3, 0.4) is 0 Å². The Labute approximate surface area is 177 Å². The predicted molar refractivity (Wildman–Crippen MR) is 118 cm³/mol. The number of amides is 1. The topological polar surface area (TPSA) is 42.0 Å². The molecule has 3 nitrogen and oxygen atoms in total. The maximum Gasteiger partial charge on any atom is 0.229 e. The molecule has 1 heterocycles. The van der Waals surface area contributed by atoms with Crippen molar-refractivity contribution in [3.8, 4) is 0 Å².